The highest BCUT2D eigenvalue weighted by molar-refractivity contribution is 7.93. The number of hydrogen-bond donors (Lipinski definition) is 1. The second-order valence-electron chi connectivity index (χ2n) is 8.15. The van der Waals surface area contributed by atoms with Crippen molar-refractivity contribution in [2.75, 3.05) is 18.9 Å². The van der Waals surface area contributed by atoms with Crippen LogP contribution in [0.15, 0.2) is 42.9 Å². The summed E-state index contributed by atoms with van der Waals surface area (Å²) in [6.07, 6.45) is 3.78. The molecule has 0 radical (unpaired) electrons. The highest BCUT2D eigenvalue weighted by Crippen LogP contribution is 2.37. The van der Waals surface area contributed by atoms with Crippen LogP contribution in [-0.2, 0) is 16.6 Å². The number of para-hydroxylation sites is 1. The molecule has 0 bridgehead atoms. The summed E-state index contributed by atoms with van der Waals surface area (Å²) in [7, 11) is -1.08. The fourth-order valence-corrected chi connectivity index (χ4v) is 4.93. The lowest BCUT2D eigenvalue weighted by atomic mass is 10.1. The van der Waals surface area contributed by atoms with Crippen LogP contribution in [0.25, 0.3) is 17.2 Å². The molecule has 0 amide bonds. The lowest BCUT2D eigenvalue weighted by Crippen LogP contribution is -2.31. The predicted molar refractivity (Wildman–Crippen MR) is 134 cm³/mol. The molecule has 0 saturated heterocycles. The van der Waals surface area contributed by atoms with Crippen molar-refractivity contribution in [3.63, 3.8) is 0 Å². The molecule has 0 aliphatic carbocycles. The van der Waals surface area contributed by atoms with E-state index in [1.54, 1.807) is 42.1 Å². The molecule has 0 aliphatic heterocycles. The van der Waals surface area contributed by atoms with Gasteiger partial charge in [-0.3, -0.25) is 14.0 Å². The minimum Gasteiger partial charge on any atom is -0.494 e. The van der Waals surface area contributed by atoms with Crippen LogP contribution in [0.3, 0.4) is 0 Å². The summed E-state index contributed by atoms with van der Waals surface area (Å²) in [5, 5.41) is 11.9. The smallest absolute Gasteiger partial charge is 0.243 e. The van der Waals surface area contributed by atoms with Gasteiger partial charge in [0.2, 0.25) is 16.0 Å². The lowest BCUT2D eigenvalue weighted by Gasteiger charge is -2.21. The van der Waals surface area contributed by atoms with Gasteiger partial charge in [0.25, 0.3) is 0 Å². The van der Waals surface area contributed by atoms with Crippen LogP contribution >= 0.6 is 0 Å². The average Bonchev–Trinajstić information content (AvgIpc) is 3.54. The molecule has 0 aliphatic rings. The Morgan fingerprint density at radius 1 is 1.05 bits per heavy atom. The SMILES string of the molecule is CCn1ccc(-c2nnc(NS(=O)(=O)C(C)C(C)c3ncc(F)cn3)n2-c2c(OC)cccc2OC)n1. The number of anilines is 1. The second kappa shape index (κ2) is 10.5. The molecule has 196 valence electrons. The number of sulfonamides is 1. The number of methoxy groups -OCH3 is 2. The zero-order valence-electron chi connectivity index (χ0n) is 21.0. The van der Waals surface area contributed by atoms with E-state index in [0.29, 0.717) is 29.4 Å². The molecule has 0 spiro atoms. The predicted octanol–water partition coefficient (Wildman–Crippen LogP) is 3.03. The highest BCUT2D eigenvalue weighted by Gasteiger charge is 2.32. The van der Waals surface area contributed by atoms with Gasteiger partial charge < -0.3 is 9.47 Å². The second-order valence-corrected chi connectivity index (χ2v) is 10.2. The first kappa shape index (κ1) is 26.0. The van der Waals surface area contributed by atoms with Gasteiger partial charge in [-0.2, -0.15) is 5.10 Å². The first-order valence-electron chi connectivity index (χ1n) is 11.4. The van der Waals surface area contributed by atoms with E-state index in [2.05, 4.69) is 30.0 Å². The lowest BCUT2D eigenvalue weighted by molar-refractivity contribution is 0.391. The van der Waals surface area contributed by atoms with Gasteiger partial charge in [-0.15, -0.1) is 10.2 Å². The normalized spacial score (nSPS) is 13.2. The van der Waals surface area contributed by atoms with Gasteiger partial charge in [0, 0.05) is 18.7 Å². The molecule has 14 heteroatoms. The van der Waals surface area contributed by atoms with Crippen LogP contribution in [0, 0.1) is 5.82 Å². The third kappa shape index (κ3) is 5.09. The minimum absolute atomic E-state index is 0.0945. The maximum atomic E-state index is 13.5. The fourth-order valence-electron chi connectivity index (χ4n) is 3.69. The van der Waals surface area contributed by atoms with Gasteiger partial charge >= 0.3 is 0 Å². The molecule has 3 heterocycles. The van der Waals surface area contributed by atoms with E-state index in [-0.39, 0.29) is 17.6 Å². The van der Waals surface area contributed by atoms with Crippen LogP contribution in [0.2, 0.25) is 0 Å². The number of rotatable bonds is 10. The fraction of sp³-hybridized carbons (Fsp3) is 0.348. The summed E-state index contributed by atoms with van der Waals surface area (Å²) in [6.45, 7) is 5.73. The quantitative estimate of drug-likeness (QED) is 0.328. The van der Waals surface area contributed by atoms with E-state index >= 15 is 0 Å². The Morgan fingerprint density at radius 2 is 1.70 bits per heavy atom. The van der Waals surface area contributed by atoms with Gasteiger partial charge in [-0.05, 0) is 32.0 Å². The van der Waals surface area contributed by atoms with Crippen LogP contribution in [0.5, 0.6) is 11.5 Å². The molecule has 1 aromatic carbocycles. The van der Waals surface area contributed by atoms with Crippen molar-refractivity contribution in [1.29, 1.82) is 0 Å². The Kier molecular flexibility index (Phi) is 7.38. The van der Waals surface area contributed by atoms with Gasteiger partial charge in [-0.1, -0.05) is 13.0 Å². The molecule has 4 rings (SSSR count). The summed E-state index contributed by atoms with van der Waals surface area (Å²) < 4.78 is 57.1. The molecule has 2 unspecified atom stereocenters. The number of aromatic nitrogens is 7. The van der Waals surface area contributed by atoms with E-state index in [9.17, 15) is 12.8 Å². The van der Waals surface area contributed by atoms with Crippen molar-refractivity contribution >= 4 is 16.0 Å². The van der Waals surface area contributed by atoms with Crippen LogP contribution < -0.4 is 14.2 Å². The molecule has 12 nitrogen and oxygen atoms in total. The van der Waals surface area contributed by atoms with Crippen molar-refractivity contribution in [1.82, 2.24) is 34.5 Å². The van der Waals surface area contributed by atoms with Crippen molar-refractivity contribution in [2.24, 2.45) is 0 Å². The van der Waals surface area contributed by atoms with Gasteiger partial charge in [0.1, 0.15) is 28.7 Å². The Bertz CT molecular complexity index is 1460. The first-order chi connectivity index (χ1) is 17.7. The number of benzene rings is 1. The number of halogens is 1. The summed E-state index contributed by atoms with van der Waals surface area (Å²) in [5.41, 5.74) is 0.854. The maximum Gasteiger partial charge on any atom is 0.243 e. The van der Waals surface area contributed by atoms with E-state index in [1.165, 1.54) is 25.7 Å². The largest absolute Gasteiger partial charge is 0.494 e. The monoisotopic (exact) mass is 530 g/mol. The third-order valence-electron chi connectivity index (χ3n) is 5.96. The van der Waals surface area contributed by atoms with E-state index in [4.69, 9.17) is 9.47 Å². The Hall–Kier alpha value is -4.07. The molecular weight excluding hydrogens is 503 g/mol. The summed E-state index contributed by atoms with van der Waals surface area (Å²) in [4.78, 5) is 7.86. The average molecular weight is 531 g/mol. The Labute approximate surface area is 213 Å². The van der Waals surface area contributed by atoms with E-state index in [0.717, 1.165) is 12.4 Å². The van der Waals surface area contributed by atoms with Gasteiger partial charge in [0.15, 0.2) is 11.6 Å². The van der Waals surface area contributed by atoms with E-state index in [1.807, 2.05) is 6.92 Å². The molecule has 2 atom stereocenters. The molecular formula is C23H27FN8O4S. The summed E-state index contributed by atoms with van der Waals surface area (Å²) >= 11 is 0. The third-order valence-corrected chi connectivity index (χ3v) is 7.81. The standard InChI is InChI=1S/C23H27FN8O4S/c1-6-31-11-10-17(29-31)22-27-28-23(32(22)20-18(35-4)8-7-9-19(20)36-5)30-37(33,34)15(3)14(2)21-25-12-16(24)13-26-21/h7-15H,6H2,1-5H3,(H,28,30). The van der Waals surface area contributed by atoms with Crippen molar-refractivity contribution in [3.8, 4) is 28.7 Å². The zero-order chi connectivity index (χ0) is 26.7. The minimum atomic E-state index is -4.06. The van der Waals surface area contributed by atoms with E-state index < -0.39 is 27.0 Å². The number of nitrogens with zero attached hydrogens (tertiary/aromatic N) is 7. The molecule has 37 heavy (non-hydrogen) atoms. The number of aryl methyl sites for hydroxylation is 1. The topological polar surface area (TPSA) is 139 Å². The highest BCUT2D eigenvalue weighted by atomic mass is 32.2. The van der Waals surface area contributed by atoms with Crippen molar-refractivity contribution in [3.05, 3.63) is 54.5 Å². The Morgan fingerprint density at radius 3 is 2.27 bits per heavy atom. The molecule has 0 saturated carbocycles. The number of ether oxygens (including phenoxy) is 2. The molecule has 3 aromatic heterocycles. The van der Waals surface area contributed by atoms with Crippen molar-refractivity contribution < 1.29 is 22.3 Å². The number of hydrogen-bond acceptors (Lipinski definition) is 9. The first-order valence-corrected chi connectivity index (χ1v) is 12.9. The molecule has 0 fully saturated rings. The van der Waals surface area contributed by atoms with Crippen molar-refractivity contribution in [2.45, 2.75) is 38.5 Å². The molecule has 1 N–H and O–H groups in total. The Balaban J connectivity index is 1.82. The van der Waals surface area contributed by atoms with Crippen LogP contribution in [0.4, 0.5) is 10.3 Å². The maximum absolute atomic E-state index is 13.5. The van der Waals surface area contributed by atoms with Crippen LogP contribution in [0.1, 0.15) is 32.5 Å². The summed E-state index contributed by atoms with van der Waals surface area (Å²) in [6, 6.07) is 6.91. The zero-order valence-corrected chi connectivity index (χ0v) is 21.8. The van der Waals surface area contributed by atoms with Gasteiger partial charge in [-0.25, -0.2) is 22.8 Å². The molecule has 4 aromatic rings. The van der Waals surface area contributed by atoms with Gasteiger partial charge in [0.05, 0.1) is 31.9 Å². The summed E-state index contributed by atoms with van der Waals surface area (Å²) in [5.74, 6) is -0.0959. The van der Waals surface area contributed by atoms with Crippen LogP contribution in [-0.4, -0.2) is 62.4 Å². The number of nitrogens with one attached hydrogen (secondary N) is 1.